The summed E-state index contributed by atoms with van der Waals surface area (Å²) in [5.74, 6) is 1.12. The van der Waals surface area contributed by atoms with E-state index in [1.807, 2.05) is 103 Å². The molecule has 12 heteroatoms. The monoisotopic (exact) mass is 795 g/mol. The summed E-state index contributed by atoms with van der Waals surface area (Å²) in [4.78, 5) is 47.2. The van der Waals surface area contributed by atoms with Gasteiger partial charge in [0.25, 0.3) is 17.7 Å². The van der Waals surface area contributed by atoms with Gasteiger partial charge in [-0.1, -0.05) is 73.7 Å². The van der Waals surface area contributed by atoms with Crippen molar-refractivity contribution in [3.05, 3.63) is 126 Å². The summed E-state index contributed by atoms with van der Waals surface area (Å²) in [5.41, 5.74) is 3.39. The molecule has 1 N–H and O–H groups in total. The van der Waals surface area contributed by atoms with Crippen molar-refractivity contribution >= 4 is 59.4 Å². The average molecular weight is 796 g/mol. The van der Waals surface area contributed by atoms with Crippen LogP contribution in [0.1, 0.15) is 24.5 Å². The molecule has 4 aliphatic heterocycles. The molecule has 1 fully saturated rings. The number of fused-ring (bicyclic) bond motifs is 4. The van der Waals surface area contributed by atoms with Gasteiger partial charge < -0.3 is 29.0 Å². The molecule has 3 amide bonds. The Hall–Kier alpha value is -5.95. The summed E-state index contributed by atoms with van der Waals surface area (Å²) in [6, 6.07) is 36.4. The van der Waals surface area contributed by atoms with Crippen LogP contribution >= 0.6 is 0 Å². The van der Waals surface area contributed by atoms with Gasteiger partial charge in [0.2, 0.25) is 0 Å². The first kappa shape index (κ1) is 37.6. The van der Waals surface area contributed by atoms with Crippen LogP contribution in [-0.2, 0) is 31.3 Å². The fourth-order valence-corrected chi connectivity index (χ4v) is 13.8. The highest BCUT2D eigenvalue weighted by Crippen LogP contribution is 2.61. The Balaban J connectivity index is 1.13. The smallest absolute Gasteiger partial charge is 0.269 e. The predicted octanol–water partition coefficient (Wildman–Crippen LogP) is 6.95. The maximum absolute atomic E-state index is 15.5. The Kier molecular flexibility index (Phi) is 9.37. The molecule has 4 aliphatic rings. The number of amides is 3. The number of para-hydroxylation sites is 4. The molecule has 9 rings (SSSR count). The van der Waals surface area contributed by atoms with E-state index >= 15 is 4.79 Å². The van der Waals surface area contributed by atoms with E-state index in [2.05, 4.69) is 32.2 Å². The lowest BCUT2D eigenvalue weighted by molar-refractivity contribution is -0.146. The highest BCUT2D eigenvalue weighted by atomic mass is 28.3. The largest absolute Gasteiger partial charge is 0.497 e. The molecule has 0 radical (unpaired) electrons. The first-order valence-electron chi connectivity index (χ1n) is 19.6. The van der Waals surface area contributed by atoms with E-state index in [1.54, 1.807) is 21.8 Å². The van der Waals surface area contributed by atoms with Crippen LogP contribution in [0.3, 0.4) is 0 Å². The summed E-state index contributed by atoms with van der Waals surface area (Å²) in [7, 11) is -0.780. The molecular formula is C46H45N3O8Si. The molecule has 0 unspecified atom stereocenters. The predicted molar refractivity (Wildman–Crippen MR) is 224 cm³/mol. The summed E-state index contributed by atoms with van der Waals surface area (Å²) < 4.78 is 24.1. The minimum Gasteiger partial charge on any atom is -0.497 e. The van der Waals surface area contributed by atoms with Gasteiger partial charge in [0.15, 0.2) is 18.8 Å². The van der Waals surface area contributed by atoms with Gasteiger partial charge in [-0.05, 0) is 84.3 Å². The number of nitrogens with zero attached hydrogens (tertiary/aromatic N) is 3. The second kappa shape index (κ2) is 14.5. The van der Waals surface area contributed by atoms with Crippen LogP contribution in [0.5, 0.6) is 17.2 Å². The van der Waals surface area contributed by atoms with Crippen molar-refractivity contribution in [2.75, 3.05) is 41.6 Å². The van der Waals surface area contributed by atoms with Crippen molar-refractivity contribution in [2.24, 2.45) is 5.92 Å². The second-order valence-electron chi connectivity index (χ2n) is 15.9. The molecule has 4 atom stereocenters. The number of carbonyl (C=O) groups is 3. The number of hydrogen-bond donors (Lipinski definition) is 1. The molecule has 1 spiro atoms. The molecule has 4 heterocycles. The van der Waals surface area contributed by atoms with Crippen LogP contribution in [0.25, 0.3) is 0 Å². The Morgan fingerprint density at radius 2 is 1.34 bits per heavy atom. The van der Waals surface area contributed by atoms with Crippen LogP contribution < -0.4 is 34.1 Å². The van der Waals surface area contributed by atoms with Crippen LogP contribution in [-0.4, -0.2) is 63.9 Å². The summed E-state index contributed by atoms with van der Waals surface area (Å²) >= 11 is 0. The molecular weight excluding hydrogens is 751 g/mol. The SMILES string of the molecule is COc1ccc([Si](C)(C)[C@@H]2[C@@H](CCO)O[C@]3(C(=O)N(Cc4ccc(N5C(=O)COc6ccccc65)cc4)c4ccc(N5C(=O)COc6ccccc65)cc43)[C@H]2C)cc1. The Morgan fingerprint density at radius 1 is 0.759 bits per heavy atom. The maximum atomic E-state index is 15.5. The molecule has 0 bridgehead atoms. The molecule has 0 aliphatic carbocycles. The number of aliphatic hydroxyl groups excluding tert-OH is 1. The molecule has 296 valence electrons. The topological polar surface area (TPSA) is 118 Å². The lowest BCUT2D eigenvalue weighted by atomic mass is 9.82. The Labute approximate surface area is 338 Å². The third kappa shape index (κ3) is 5.88. The number of ether oxygens (including phenoxy) is 4. The fourth-order valence-electron chi connectivity index (χ4n) is 9.70. The molecule has 0 aromatic heterocycles. The zero-order chi connectivity index (χ0) is 40.3. The van der Waals surface area contributed by atoms with Gasteiger partial charge in [0.05, 0.1) is 44.9 Å². The third-order valence-corrected chi connectivity index (χ3v) is 16.8. The summed E-state index contributed by atoms with van der Waals surface area (Å²) in [6.07, 6.45) is -0.0469. The minimum atomic E-state index is -2.43. The number of carbonyl (C=O) groups excluding carboxylic acids is 3. The molecule has 5 aromatic carbocycles. The second-order valence-corrected chi connectivity index (χ2v) is 20.6. The van der Waals surface area contributed by atoms with Crippen molar-refractivity contribution in [3.8, 4) is 17.2 Å². The van der Waals surface area contributed by atoms with Gasteiger partial charge in [-0.2, -0.15) is 0 Å². The number of rotatable bonds is 9. The number of hydrogen-bond acceptors (Lipinski definition) is 8. The van der Waals surface area contributed by atoms with Crippen LogP contribution in [0.2, 0.25) is 18.6 Å². The highest BCUT2D eigenvalue weighted by molar-refractivity contribution is 6.91. The Bertz CT molecular complexity index is 2420. The molecule has 0 saturated carbocycles. The maximum Gasteiger partial charge on any atom is 0.269 e. The van der Waals surface area contributed by atoms with E-state index in [1.165, 1.54) is 5.19 Å². The lowest BCUT2D eigenvalue weighted by Crippen LogP contribution is -2.51. The summed E-state index contributed by atoms with van der Waals surface area (Å²) in [5, 5.41) is 11.6. The summed E-state index contributed by atoms with van der Waals surface area (Å²) in [6.45, 7) is 6.70. The van der Waals surface area contributed by atoms with Gasteiger partial charge in [-0.3, -0.25) is 24.2 Å². The van der Waals surface area contributed by atoms with Crippen molar-refractivity contribution in [1.29, 1.82) is 0 Å². The number of methoxy groups -OCH3 is 1. The quantitative estimate of drug-likeness (QED) is 0.159. The van der Waals surface area contributed by atoms with Gasteiger partial charge in [-0.15, -0.1) is 0 Å². The first-order valence-corrected chi connectivity index (χ1v) is 22.7. The number of anilines is 5. The van der Waals surface area contributed by atoms with E-state index in [4.69, 9.17) is 18.9 Å². The van der Waals surface area contributed by atoms with Gasteiger partial charge in [0, 0.05) is 29.5 Å². The standard InChI is InChI=1S/C46H45N3O8Si/c1-29-44(58(3,4)34-20-18-33(54-2)19-21-34)41(23-24-50)57-46(29)35-25-32(49-38-10-6-8-12-40(38)56-28-43(49)52)17-22-36(35)47(45(46)53)26-30-13-15-31(16-14-30)48-37-9-5-7-11-39(37)55-27-42(48)51/h5-22,25,29,41,44,50H,23-24,26-28H2,1-4H3/t29-,41+,44-,46+/m0/s1. The number of benzene rings is 5. The minimum absolute atomic E-state index is 0.0574. The lowest BCUT2D eigenvalue weighted by Gasteiger charge is -2.37. The van der Waals surface area contributed by atoms with E-state index in [0.717, 1.165) is 11.3 Å². The van der Waals surface area contributed by atoms with Crippen molar-refractivity contribution in [1.82, 2.24) is 0 Å². The average Bonchev–Trinajstić information content (AvgIpc) is 3.67. The van der Waals surface area contributed by atoms with Crippen LogP contribution in [0, 0.1) is 5.92 Å². The zero-order valence-corrected chi connectivity index (χ0v) is 33.9. The highest BCUT2D eigenvalue weighted by Gasteiger charge is 2.66. The van der Waals surface area contributed by atoms with Crippen molar-refractivity contribution in [2.45, 2.75) is 50.2 Å². The number of aliphatic hydroxyl groups is 1. The van der Waals surface area contributed by atoms with Gasteiger partial charge >= 0.3 is 0 Å². The third-order valence-electron chi connectivity index (χ3n) is 12.4. The van der Waals surface area contributed by atoms with E-state index in [-0.39, 0.29) is 55.5 Å². The molecule has 58 heavy (non-hydrogen) atoms. The van der Waals surface area contributed by atoms with Crippen LogP contribution in [0.4, 0.5) is 28.4 Å². The van der Waals surface area contributed by atoms with Gasteiger partial charge in [0.1, 0.15) is 17.2 Å². The molecule has 5 aromatic rings. The van der Waals surface area contributed by atoms with E-state index in [0.29, 0.717) is 51.9 Å². The van der Waals surface area contributed by atoms with Crippen LogP contribution in [0.15, 0.2) is 115 Å². The van der Waals surface area contributed by atoms with E-state index in [9.17, 15) is 14.7 Å². The van der Waals surface area contributed by atoms with Gasteiger partial charge in [-0.25, -0.2) is 0 Å². The molecule has 11 nitrogen and oxygen atoms in total. The Morgan fingerprint density at radius 3 is 1.95 bits per heavy atom. The zero-order valence-electron chi connectivity index (χ0n) is 32.9. The van der Waals surface area contributed by atoms with Crippen molar-refractivity contribution < 1.29 is 38.4 Å². The van der Waals surface area contributed by atoms with Crippen molar-refractivity contribution in [3.63, 3.8) is 0 Å². The molecule has 1 saturated heterocycles. The van der Waals surface area contributed by atoms with E-state index < -0.39 is 19.8 Å². The normalized spacial score (nSPS) is 22.4. The fraction of sp³-hybridized carbons (Fsp3) is 0.283. The first-order chi connectivity index (χ1) is 28.1.